The van der Waals surface area contributed by atoms with Crippen LogP contribution in [-0.4, -0.2) is 103 Å². The van der Waals surface area contributed by atoms with Gasteiger partial charge in [-0.05, 0) is 86.9 Å². The van der Waals surface area contributed by atoms with Crippen molar-refractivity contribution >= 4 is 66.7 Å². The first kappa shape index (κ1) is 51.0. The highest BCUT2D eigenvalue weighted by Crippen LogP contribution is 2.17. The summed E-state index contributed by atoms with van der Waals surface area (Å²) in [7, 11) is 4.22. The first-order chi connectivity index (χ1) is 26.6. The summed E-state index contributed by atoms with van der Waals surface area (Å²) in [6.45, 7) is 23.9. The molecule has 2 fully saturated rings. The van der Waals surface area contributed by atoms with Crippen molar-refractivity contribution in [1.82, 2.24) is 19.8 Å². The van der Waals surface area contributed by atoms with Gasteiger partial charge in [0.1, 0.15) is 11.6 Å². The van der Waals surface area contributed by atoms with E-state index < -0.39 is 5.97 Å². The van der Waals surface area contributed by atoms with E-state index in [-0.39, 0.29) is 11.5 Å². The number of aromatic carboxylic acids is 1. The van der Waals surface area contributed by atoms with Gasteiger partial charge in [-0.3, -0.25) is 4.79 Å². The molecule has 2 aromatic carbocycles. The number of likely N-dealkylation sites (N-methyl/N-ethyl adjacent to an activating group) is 2. The third-order valence-electron chi connectivity index (χ3n) is 7.63. The van der Waals surface area contributed by atoms with Gasteiger partial charge in [-0.2, -0.15) is 0 Å². The Bertz CT molecular complexity index is 1540. The van der Waals surface area contributed by atoms with Crippen LogP contribution in [0.15, 0.2) is 94.1 Å². The number of amides is 1. The molecule has 0 radical (unpaired) electrons. The number of hydrogen-bond acceptors (Lipinski definition) is 9. The van der Waals surface area contributed by atoms with Crippen LogP contribution in [0.2, 0.25) is 0 Å². The fraction of sp³-hybridized carbons (Fsp3) is 0.429. The lowest BCUT2D eigenvalue weighted by Crippen LogP contribution is -2.44. The summed E-state index contributed by atoms with van der Waals surface area (Å²) in [6, 6.07) is 22.1. The van der Waals surface area contributed by atoms with Crippen LogP contribution in [0.25, 0.3) is 0 Å². The molecule has 304 valence electrons. The second kappa shape index (κ2) is 30.2. The summed E-state index contributed by atoms with van der Waals surface area (Å²) >= 11 is 6.67. The maximum Gasteiger partial charge on any atom is 0.337 e. The van der Waals surface area contributed by atoms with Gasteiger partial charge in [0.15, 0.2) is 0 Å². The summed E-state index contributed by atoms with van der Waals surface area (Å²) in [5.41, 5.74) is 7.77. The predicted molar refractivity (Wildman–Crippen MR) is 241 cm³/mol. The fourth-order valence-electron chi connectivity index (χ4n) is 4.68. The molecule has 4 N–H and O–H groups in total. The average molecular weight is 889 g/mol. The molecular formula is C42H64Br2N8O3. The van der Waals surface area contributed by atoms with Crippen LogP contribution in [0.3, 0.4) is 0 Å². The molecule has 4 heterocycles. The summed E-state index contributed by atoms with van der Waals surface area (Å²) in [5, 5.41) is 11.6. The number of hydrogen-bond donors (Lipinski definition) is 3. The van der Waals surface area contributed by atoms with Crippen molar-refractivity contribution in [3.63, 3.8) is 0 Å². The quantitative estimate of drug-likeness (QED) is 0.167. The molecule has 2 aliphatic heterocycles. The minimum Gasteiger partial charge on any atom is -0.478 e. The van der Waals surface area contributed by atoms with Crippen molar-refractivity contribution in [2.45, 2.75) is 55.4 Å². The molecule has 2 saturated heterocycles. The molecule has 0 atom stereocenters. The molecule has 2 aliphatic rings. The first-order valence-corrected chi connectivity index (χ1v) is 20.8. The maximum absolute atomic E-state index is 12.2. The Hall–Kier alpha value is -4.04. The molecule has 0 spiro atoms. The lowest BCUT2D eigenvalue weighted by atomic mass is 10.2. The van der Waals surface area contributed by atoms with E-state index in [1.165, 1.54) is 6.20 Å². The van der Waals surface area contributed by atoms with Crippen molar-refractivity contribution in [2.75, 3.05) is 87.3 Å². The number of nitrogens with two attached hydrogens (primary N) is 1. The molecule has 2 aromatic heterocycles. The number of rotatable bonds is 5. The van der Waals surface area contributed by atoms with Gasteiger partial charge in [-0.15, -0.1) is 0 Å². The first-order valence-electron chi connectivity index (χ1n) is 19.2. The Morgan fingerprint density at radius 1 is 0.582 bits per heavy atom. The minimum absolute atomic E-state index is 0.148. The summed E-state index contributed by atoms with van der Waals surface area (Å²) in [4.78, 5) is 40.5. The second-order valence-corrected chi connectivity index (χ2v) is 13.0. The van der Waals surface area contributed by atoms with Crippen molar-refractivity contribution in [3.8, 4) is 0 Å². The topological polar surface area (TPSA) is 131 Å². The lowest BCUT2D eigenvalue weighted by molar-refractivity contribution is 0.0696. The number of carbonyl (C=O) groups is 2. The standard InChI is InChI=1S/C17H19BrN4O.C11H15N3O2.C6H6BrN.4C2H6/c1-21-8-10-22(11-9-21)16-7-2-13(12-19-16)17(23)20-15-5-3-14(18)4-6-15;1-13-4-6-14(7-5-13)10-3-2-9(8-12-10)11(15)16;7-5-1-3-6(8)4-2-5;4*1-2/h2-7,12H,8-11H2,1H3,(H,20,23);2-3,8H,4-7H2,1H3,(H,15,16);1-4H,8H2;4*1-2H3. The monoisotopic (exact) mass is 886 g/mol. The van der Waals surface area contributed by atoms with E-state index in [1.54, 1.807) is 18.3 Å². The molecule has 6 rings (SSSR count). The van der Waals surface area contributed by atoms with Gasteiger partial charge in [0, 0.05) is 85.1 Å². The van der Waals surface area contributed by atoms with Crippen molar-refractivity contribution in [2.24, 2.45) is 0 Å². The zero-order chi connectivity index (χ0) is 41.8. The second-order valence-electron chi connectivity index (χ2n) is 11.2. The third kappa shape index (κ3) is 19.9. The Morgan fingerprint density at radius 2 is 0.945 bits per heavy atom. The van der Waals surface area contributed by atoms with Gasteiger partial charge in [-0.1, -0.05) is 87.2 Å². The molecule has 0 saturated carbocycles. The number of carboxylic acid groups (broad SMARTS) is 1. The number of benzene rings is 2. The van der Waals surface area contributed by atoms with E-state index in [9.17, 15) is 9.59 Å². The molecule has 13 heteroatoms. The van der Waals surface area contributed by atoms with Crippen LogP contribution in [-0.2, 0) is 0 Å². The summed E-state index contributed by atoms with van der Waals surface area (Å²) in [5.74, 6) is 0.707. The van der Waals surface area contributed by atoms with Gasteiger partial charge in [0.25, 0.3) is 5.91 Å². The summed E-state index contributed by atoms with van der Waals surface area (Å²) < 4.78 is 2.04. The predicted octanol–water partition coefficient (Wildman–Crippen LogP) is 9.52. The molecule has 55 heavy (non-hydrogen) atoms. The normalized spacial score (nSPS) is 13.3. The molecule has 0 unspecified atom stereocenters. The zero-order valence-corrected chi connectivity index (χ0v) is 37.7. The number of anilines is 4. The Kier molecular flexibility index (Phi) is 28.0. The number of carbonyl (C=O) groups excluding carboxylic acids is 1. The van der Waals surface area contributed by atoms with E-state index >= 15 is 0 Å². The molecule has 0 bridgehead atoms. The number of piperazine rings is 2. The lowest BCUT2D eigenvalue weighted by Gasteiger charge is -2.33. The Morgan fingerprint density at radius 3 is 1.27 bits per heavy atom. The average Bonchev–Trinajstić information content (AvgIpc) is 3.24. The highest BCUT2D eigenvalue weighted by atomic mass is 79.9. The van der Waals surface area contributed by atoms with Crippen LogP contribution < -0.4 is 20.9 Å². The van der Waals surface area contributed by atoms with E-state index in [2.05, 4.69) is 80.8 Å². The molecule has 1 amide bonds. The van der Waals surface area contributed by atoms with Crippen LogP contribution >= 0.6 is 31.9 Å². The fourth-order valence-corrected chi connectivity index (χ4v) is 5.21. The molecule has 4 aromatic rings. The van der Waals surface area contributed by atoms with E-state index in [4.69, 9.17) is 10.8 Å². The Balaban J connectivity index is 0.000000790. The van der Waals surface area contributed by atoms with Crippen molar-refractivity contribution in [3.05, 3.63) is 105 Å². The number of aromatic nitrogens is 2. The number of nitrogen functional groups attached to an aromatic ring is 1. The number of nitrogens with one attached hydrogen (secondary N) is 1. The molecular weight excluding hydrogens is 824 g/mol. The van der Waals surface area contributed by atoms with Crippen LogP contribution in [0.4, 0.5) is 23.0 Å². The van der Waals surface area contributed by atoms with E-state index in [1.807, 2.05) is 116 Å². The van der Waals surface area contributed by atoms with Gasteiger partial charge in [-0.25, -0.2) is 14.8 Å². The van der Waals surface area contributed by atoms with Gasteiger partial charge < -0.3 is 35.8 Å². The van der Waals surface area contributed by atoms with Gasteiger partial charge >= 0.3 is 5.97 Å². The van der Waals surface area contributed by atoms with Crippen LogP contribution in [0.1, 0.15) is 76.1 Å². The number of carboxylic acids is 1. The highest BCUT2D eigenvalue weighted by Gasteiger charge is 2.17. The van der Waals surface area contributed by atoms with Crippen LogP contribution in [0.5, 0.6) is 0 Å². The van der Waals surface area contributed by atoms with Gasteiger partial charge in [0.2, 0.25) is 0 Å². The summed E-state index contributed by atoms with van der Waals surface area (Å²) in [6.07, 6.45) is 3.05. The smallest absolute Gasteiger partial charge is 0.337 e. The minimum atomic E-state index is -0.933. The molecule has 11 nitrogen and oxygen atoms in total. The highest BCUT2D eigenvalue weighted by molar-refractivity contribution is 9.10. The van der Waals surface area contributed by atoms with E-state index in [0.29, 0.717) is 5.56 Å². The van der Waals surface area contributed by atoms with Crippen LogP contribution in [0, 0.1) is 0 Å². The van der Waals surface area contributed by atoms with Gasteiger partial charge in [0.05, 0.1) is 11.1 Å². The van der Waals surface area contributed by atoms with Crippen molar-refractivity contribution < 1.29 is 14.7 Å². The van der Waals surface area contributed by atoms with Crippen molar-refractivity contribution in [1.29, 1.82) is 0 Å². The largest absolute Gasteiger partial charge is 0.478 e. The Labute approximate surface area is 347 Å². The maximum atomic E-state index is 12.2. The number of halogens is 2. The zero-order valence-electron chi connectivity index (χ0n) is 34.5. The SMILES string of the molecule is CC.CC.CC.CC.CN1CCN(c2ccc(C(=O)Nc3ccc(Br)cc3)cn2)CC1.CN1CCN(c2ccc(C(=O)O)cn2)CC1.Nc1ccc(Br)cc1. The third-order valence-corrected chi connectivity index (χ3v) is 8.69. The molecule has 0 aliphatic carbocycles. The number of pyridine rings is 2. The number of nitrogens with zero attached hydrogens (tertiary/aromatic N) is 6. The van der Waals surface area contributed by atoms with E-state index in [0.717, 1.165) is 84.3 Å².